The summed E-state index contributed by atoms with van der Waals surface area (Å²) in [6, 6.07) is 0. The van der Waals surface area contributed by atoms with Gasteiger partial charge < -0.3 is 10.4 Å². The first kappa shape index (κ1) is 9.16. The maximum Gasteiger partial charge on any atom is 0.0789 e. The van der Waals surface area contributed by atoms with E-state index in [1.54, 1.807) is 0 Å². The summed E-state index contributed by atoms with van der Waals surface area (Å²) < 4.78 is 10.9. The third kappa shape index (κ3) is 2.54. The molecular weight excluding hydrogens is 162 g/mol. The summed E-state index contributed by atoms with van der Waals surface area (Å²) in [6.07, 6.45) is 1.33. The first-order valence-electron chi connectivity index (χ1n) is 3.88. The maximum absolute atomic E-state index is 10.9. The number of aliphatic hydroxyl groups is 1. The van der Waals surface area contributed by atoms with Crippen LogP contribution in [0.1, 0.15) is 12.8 Å². The Kier molecular flexibility index (Phi) is 3.04. The second kappa shape index (κ2) is 3.65. The highest BCUT2D eigenvalue weighted by molar-refractivity contribution is 7.85. The number of likely N-dealkylation sites (N-methyl/N-ethyl adjacent to an activating group) is 1. The zero-order chi connectivity index (χ0) is 8.32. The molecule has 4 heteroatoms. The predicted octanol–water partition coefficient (Wildman–Crippen LogP) is -0.521. The molecule has 0 aromatic heterocycles. The predicted molar refractivity (Wildman–Crippen MR) is 46.0 cm³/mol. The standard InChI is InChI=1S/C7H15NO2S/c1-8-6-7(9)2-4-11(10)5-3-7/h8-9H,2-6H2,1H3. The van der Waals surface area contributed by atoms with Gasteiger partial charge in [-0.05, 0) is 19.9 Å². The van der Waals surface area contributed by atoms with Crippen molar-refractivity contribution in [2.24, 2.45) is 0 Å². The van der Waals surface area contributed by atoms with Crippen molar-refractivity contribution in [1.82, 2.24) is 5.32 Å². The highest BCUT2D eigenvalue weighted by Gasteiger charge is 2.30. The molecule has 0 aliphatic carbocycles. The molecule has 0 atom stereocenters. The number of hydrogen-bond donors (Lipinski definition) is 2. The van der Waals surface area contributed by atoms with Crippen molar-refractivity contribution in [3.63, 3.8) is 0 Å². The molecule has 1 fully saturated rings. The van der Waals surface area contributed by atoms with Crippen LogP contribution in [0.4, 0.5) is 0 Å². The zero-order valence-corrected chi connectivity index (χ0v) is 7.62. The van der Waals surface area contributed by atoms with Crippen LogP contribution in [0.25, 0.3) is 0 Å². The van der Waals surface area contributed by atoms with Crippen molar-refractivity contribution in [3.8, 4) is 0 Å². The first-order chi connectivity index (χ1) is 5.16. The second-order valence-corrected chi connectivity index (χ2v) is 4.80. The van der Waals surface area contributed by atoms with E-state index in [0.29, 0.717) is 30.9 Å². The van der Waals surface area contributed by atoms with Crippen molar-refractivity contribution in [2.75, 3.05) is 25.1 Å². The van der Waals surface area contributed by atoms with Crippen molar-refractivity contribution >= 4 is 10.8 Å². The highest BCUT2D eigenvalue weighted by atomic mass is 32.2. The lowest BCUT2D eigenvalue weighted by molar-refractivity contribution is 0.0333. The molecule has 0 saturated carbocycles. The molecule has 66 valence electrons. The second-order valence-electron chi connectivity index (χ2n) is 3.10. The minimum absolute atomic E-state index is 0.595. The first-order valence-corrected chi connectivity index (χ1v) is 5.37. The summed E-state index contributed by atoms with van der Waals surface area (Å²) >= 11 is 0. The number of rotatable bonds is 2. The Morgan fingerprint density at radius 2 is 2.09 bits per heavy atom. The third-order valence-electron chi connectivity index (χ3n) is 2.10. The number of nitrogens with one attached hydrogen (secondary N) is 1. The molecule has 1 heterocycles. The fourth-order valence-corrected chi connectivity index (χ4v) is 2.76. The van der Waals surface area contributed by atoms with Gasteiger partial charge in [0.15, 0.2) is 0 Å². The molecule has 0 aromatic rings. The van der Waals surface area contributed by atoms with E-state index in [0.717, 1.165) is 0 Å². The van der Waals surface area contributed by atoms with Crippen LogP contribution in [0.2, 0.25) is 0 Å². The van der Waals surface area contributed by atoms with E-state index in [-0.39, 0.29) is 0 Å². The van der Waals surface area contributed by atoms with E-state index in [2.05, 4.69) is 5.32 Å². The van der Waals surface area contributed by atoms with E-state index in [1.807, 2.05) is 7.05 Å². The van der Waals surface area contributed by atoms with Crippen LogP contribution < -0.4 is 5.32 Å². The lowest BCUT2D eigenvalue weighted by atomic mass is 9.97. The molecule has 3 nitrogen and oxygen atoms in total. The molecule has 0 spiro atoms. The molecule has 1 aliphatic heterocycles. The van der Waals surface area contributed by atoms with E-state index >= 15 is 0 Å². The molecule has 1 rings (SSSR count). The quantitative estimate of drug-likeness (QED) is 0.596. The fourth-order valence-electron chi connectivity index (χ4n) is 1.34. The Hall–Kier alpha value is 0.0700. The Bertz CT molecular complexity index is 151. The van der Waals surface area contributed by atoms with Gasteiger partial charge in [0.25, 0.3) is 0 Å². The lowest BCUT2D eigenvalue weighted by Crippen LogP contribution is -2.44. The van der Waals surface area contributed by atoms with Crippen LogP contribution in [0, 0.1) is 0 Å². The molecule has 2 N–H and O–H groups in total. The van der Waals surface area contributed by atoms with Gasteiger partial charge in [-0.3, -0.25) is 4.21 Å². The lowest BCUT2D eigenvalue weighted by Gasteiger charge is -2.31. The Balaban J connectivity index is 2.41. The summed E-state index contributed by atoms with van der Waals surface area (Å²) in [5.41, 5.74) is -0.595. The largest absolute Gasteiger partial charge is 0.388 e. The van der Waals surface area contributed by atoms with Gasteiger partial charge in [-0.25, -0.2) is 0 Å². The minimum Gasteiger partial charge on any atom is -0.388 e. The number of hydrogen-bond acceptors (Lipinski definition) is 3. The summed E-state index contributed by atoms with van der Waals surface area (Å²) in [7, 11) is 1.14. The van der Waals surface area contributed by atoms with E-state index < -0.39 is 16.4 Å². The maximum atomic E-state index is 10.9. The Morgan fingerprint density at radius 1 is 1.55 bits per heavy atom. The van der Waals surface area contributed by atoms with Gasteiger partial charge >= 0.3 is 0 Å². The summed E-state index contributed by atoms with van der Waals surface area (Å²) in [5, 5.41) is 12.7. The molecule has 0 unspecified atom stereocenters. The molecule has 0 radical (unpaired) electrons. The zero-order valence-electron chi connectivity index (χ0n) is 6.80. The topological polar surface area (TPSA) is 49.3 Å². The van der Waals surface area contributed by atoms with Gasteiger partial charge in [0.1, 0.15) is 0 Å². The molecule has 11 heavy (non-hydrogen) atoms. The normalized spacial score (nSPS) is 38.9. The van der Waals surface area contributed by atoms with E-state index in [4.69, 9.17) is 0 Å². The van der Waals surface area contributed by atoms with Gasteiger partial charge in [0.2, 0.25) is 0 Å². The highest BCUT2D eigenvalue weighted by Crippen LogP contribution is 2.20. The van der Waals surface area contributed by atoms with Crippen LogP contribution in [0.5, 0.6) is 0 Å². The smallest absolute Gasteiger partial charge is 0.0789 e. The minimum atomic E-state index is -0.678. The van der Waals surface area contributed by atoms with Gasteiger partial charge in [-0.1, -0.05) is 0 Å². The third-order valence-corrected chi connectivity index (χ3v) is 3.41. The van der Waals surface area contributed by atoms with Gasteiger partial charge in [-0.2, -0.15) is 0 Å². The van der Waals surface area contributed by atoms with Gasteiger partial charge in [-0.15, -0.1) is 0 Å². The van der Waals surface area contributed by atoms with E-state index in [9.17, 15) is 9.32 Å². The Labute approximate surface area is 69.6 Å². The van der Waals surface area contributed by atoms with Crippen LogP contribution in [0.3, 0.4) is 0 Å². The van der Waals surface area contributed by atoms with E-state index in [1.165, 1.54) is 0 Å². The molecule has 1 aliphatic rings. The van der Waals surface area contributed by atoms with Crippen molar-refractivity contribution in [3.05, 3.63) is 0 Å². The molecule has 0 bridgehead atoms. The van der Waals surface area contributed by atoms with Gasteiger partial charge in [0.05, 0.1) is 5.60 Å². The van der Waals surface area contributed by atoms with Gasteiger partial charge in [0, 0.05) is 28.9 Å². The molecule has 0 amide bonds. The van der Waals surface area contributed by atoms with Crippen LogP contribution in [-0.2, 0) is 10.8 Å². The summed E-state index contributed by atoms with van der Waals surface area (Å²) in [5.74, 6) is 1.30. The van der Waals surface area contributed by atoms with Crippen molar-refractivity contribution < 1.29 is 9.32 Å². The Morgan fingerprint density at radius 3 is 2.55 bits per heavy atom. The van der Waals surface area contributed by atoms with Crippen LogP contribution in [-0.4, -0.2) is 40.0 Å². The van der Waals surface area contributed by atoms with Crippen molar-refractivity contribution in [1.29, 1.82) is 0 Å². The van der Waals surface area contributed by atoms with Crippen LogP contribution >= 0.6 is 0 Å². The van der Waals surface area contributed by atoms with Crippen LogP contribution in [0.15, 0.2) is 0 Å². The summed E-state index contributed by atoms with van der Waals surface area (Å²) in [4.78, 5) is 0. The molecular formula is C7H15NO2S. The molecule has 0 aromatic carbocycles. The molecule has 1 saturated heterocycles. The summed E-state index contributed by atoms with van der Waals surface area (Å²) in [6.45, 7) is 0.615. The fraction of sp³-hybridized carbons (Fsp3) is 1.00. The average Bonchev–Trinajstić information content (AvgIpc) is 1.97. The average molecular weight is 177 g/mol. The SMILES string of the molecule is CNCC1(O)CCS(=O)CC1. The monoisotopic (exact) mass is 177 g/mol. The van der Waals surface area contributed by atoms with Crippen molar-refractivity contribution in [2.45, 2.75) is 18.4 Å².